The molecule has 2 aromatic rings. The van der Waals surface area contributed by atoms with E-state index in [1.165, 1.54) is 11.5 Å². The molecule has 0 unspecified atom stereocenters. The first kappa shape index (κ1) is 7.73. The Hall–Kier alpha value is -0.905. The van der Waals surface area contributed by atoms with Crippen LogP contribution in [0.15, 0.2) is 24.4 Å². The number of hydrogen-bond donors (Lipinski definition) is 2. The fourth-order valence-electron chi connectivity index (χ4n) is 1.05. The van der Waals surface area contributed by atoms with Crippen LogP contribution in [0.1, 0.15) is 0 Å². The fraction of sp³-hybridized carbons (Fsp3) is 0. The molecule has 0 spiro atoms. The van der Waals surface area contributed by atoms with E-state index in [-0.39, 0.29) is 0 Å². The summed E-state index contributed by atoms with van der Waals surface area (Å²) >= 11 is 1.39. The Morgan fingerprint density at radius 2 is 2.17 bits per heavy atom. The highest BCUT2D eigenvalue weighted by Gasteiger charge is 2.10. The normalized spacial score (nSPS) is 10.5. The van der Waals surface area contributed by atoms with Crippen LogP contribution in [0.3, 0.4) is 0 Å². The standard InChI is InChI=1S/C7H6BNO2S/c10-8(11)6-1-2-7-5(3-6)4-9-12-7/h1-4,10-11H. The minimum atomic E-state index is -1.39. The van der Waals surface area contributed by atoms with Crippen molar-refractivity contribution in [3.05, 3.63) is 24.4 Å². The lowest BCUT2D eigenvalue weighted by Gasteiger charge is -1.97. The summed E-state index contributed by atoms with van der Waals surface area (Å²) in [5, 5.41) is 18.7. The SMILES string of the molecule is OB(O)c1ccc2sncc2c1. The van der Waals surface area contributed by atoms with Crippen molar-refractivity contribution >= 4 is 34.2 Å². The number of benzene rings is 1. The monoisotopic (exact) mass is 179 g/mol. The van der Waals surface area contributed by atoms with Gasteiger partial charge in [0.15, 0.2) is 0 Å². The molecule has 2 rings (SSSR count). The van der Waals surface area contributed by atoms with E-state index in [9.17, 15) is 0 Å². The largest absolute Gasteiger partial charge is 0.488 e. The van der Waals surface area contributed by atoms with Gasteiger partial charge in [-0.3, -0.25) is 0 Å². The fourth-order valence-corrected chi connectivity index (χ4v) is 1.68. The molecule has 12 heavy (non-hydrogen) atoms. The molecule has 0 aliphatic heterocycles. The molecule has 3 nitrogen and oxygen atoms in total. The van der Waals surface area contributed by atoms with Gasteiger partial charge in [0.2, 0.25) is 0 Å². The van der Waals surface area contributed by atoms with E-state index < -0.39 is 7.12 Å². The molecule has 2 N–H and O–H groups in total. The molecule has 0 fully saturated rings. The minimum Gasteiger partial charge on any atom is -0.423 e. The van der Waals surface area contributed by atoms with Gasteiger partial charge in [0, 0.05) is 11.6 Å². The summed E-state index contributed by atoms with van der Waals surface area (Å²) in [5.41, 5.74) is 0.503. The van der Waals surface area contributed by atoms with Gasteiger partial charge in [0.05, 0.1) is 4.70 Å². The molecule has 1 aromatic heterocycles. The summed E-state index contributed by atoms with van der Waals surface area (Å²) in [6.07, 6.45) is 1.71. The second kappa shape index (κ2) is 2.86. The average molecular weight is 179 g/mol. The second-order valence-corrected chi connectivity index (χ2v) is 3.33. The molecule has 0 bridgehead atoms. The highest BCUT2D eigenvalue weighted by molar-refractivity contribution is 7.13. The van der Waals surface area contributed by atoms with E-state index in [1.807, 2.05) is 6.07 Å². The van der Waals surface area contributed by atoms with Crippen LogP contribution in [0.4, 0.5) is 0 Å². The molecule has 1 heterocycles. The van der Waals surface area contributed by atoms with Crippen molar-refractivity contribution in [2.45, 2.75) is 0 Å². The lowest BCUT2D eigenvalue weighted by Crippen LogP contribution is -2.29. The number of rotatable bonds is 1. The predicted octanol–water partition coefficient (Wildman–Crippen LogP) is -0.0239. The van der Waals surface area contributed by atoms with Crippen molar-refractivity contribution < 1.29 is 10.0 Å². The maximum Gasteiger partial charge on any atom is 0.488 e. The number of aromatic nitrogens is 1. The van der Waals surface area contributed by atoms with Gasteiger partial charge in [-0.05, 0) is 23.1 Å². The van der Waals surface area contributed by atoms with Gasteiger partial charge >= 0.3 is 7.12 Å². The molecule has 0 aliphatic rings. The van der Waals surface area contributed by atoms with Gasteiger partial charge in [-0.2, -0.15) is 4.37 Å². The van der Waals surface area contributed by atoms with Crippen molar-refractivity contribution in [3.8, 4) is 0 Å². The van der Waals surface area contributed by atoms with Crippen molar-refractivity contribution in [3.63, 3.8) is 0 Å². The lowest BCUT2D eigenvalue weighted by molar-refractivity contribution is 0.426. The van der Waals surface area contributed by atoms with Crippen LogP contribution in [-0.2, 0) is 0 Å². The predicted molar refractivity (Wildman–Crippen MR) is 49.4 cm³/mol. The molecule has 0 saturated carbocycles. The Morgan fingerprint density at radius 1 is 1.33 bits per heavy atom. The summed E-state index contributed by atoms with van der Waals surface area (Å²) in [5.74, 6) is 0. The molecule has 1 aromatic carbocycles. The van der Waals surface area contributed by atoms with E-state index in [4.69, 9.17) is 10.0 Å². The van der Waals surface area contributed by atoms with E-state index in [0.717, 1.165) is 10.1 Å². The molecular formula is C7H6BNO2S. The van der Waals surface area contributed by atoms with Crippen molar-refractivity contribution in [1.29, 1.82) is 0 Å². The molecule has 0 aliphatic carbocycles. The molecular weight excluding hydrogens is 173 g/mol. The Bertz CT molecular complexity index is 401. The van der Waals surface area contributed by atoms with Crippen LogP contribution < -0.4 is 5.46 Å². The van der Waals surface area contributed by atoms with Crippen LogP contribution in [0, 0.1) is 0 Å². The first-order chi connectivity index (χ1) is 5.77. The van der Waals surface area contributed by atoms with Crippen LogP contribution in [0.2, 0.25) is 0 Å². The first-order valence-electron chi connectivity index (χ1n) is 3.48. The average Bonchev–Trinajstić information content (AvgIpc) is 2.49. The summed E-state index contributed by atoms with van der Waals surface area (Å²) in [6, 6.07) is 5.25. The van der Waals surface area contributed by atoms with E-state index >= 15 is 0 Å². The number of fused-ring (bicyclic) bond motifs is 1. The topological polar surface area (TPSA) is 53.4 Å². The van der Waals surface area contributed by atoms with Gasteiger partial charge in [-0.15, -0.1) is 0 Å². The van der Waals surface area contributed by atoms with Gasteiger partial charge < -0.3 is 10.0 Å². The van der Waals surface area contributed by atoms with Crippen LogP contribution >= 0.6 is 11.5 Å². The van der Waals surface area contributed by atoms with Crippen LogP contribution in [-0.4, -0.2) is 21.5 Å². The van der Waals surface area contributed by atoms with Crippen LogP contribution in [0.25, 0.3) is 10.1 Å². The molecule has 0 saturated heterocycles. The molecule has 5 heteroatoms. The number of nitrogens with zero attached hydrogens (tertiary/aromatic N) is 1. The molecule has 0 amide bonds. The third-order valence-electron chi connectivity index (χ3n) is 1.67. The van der Waals surface area contributed by atoms with Crippen molar-refractivity contribution in [2.75, 3.05) is 0 Å². The summed E-state index contributed by atoms with van der Waals surface area (Å²) in [4.78, 5) is 0. The minimum absolute atomic E-state index is 0.503. The molecule has 0 radical (unpaired) electrons. The van der Waals surface area contributed by atoms with E-state index in [0.29, 0.717) is 5.46 Å². The summed E-state index contributed by atoms with van der Waals surface area (Å²) in [6.45, 7) is 0. The van der Waals surface area contributed by atoms with E-state index in [2.05, 4.69) is 4.37 Å². The Kier molecular flexibility index (Phi) is 1.84. The van der Waals surface area contributed by atoms with Crippen LogP contribution in [0.5, 0.6) is 0 Å². The zero-order chi connectivity index (χ0) is 8.55. The summed E-state index contributed by atoms with van der Waals surface area (Å²) in [7, 11) is -1.39. The zero-order valence-electron chi connectivity index (χ0n) is 6.14. The highest BCUT2D eigenvalue weighted by Crippen LogP contribution is 2.15. The molecule has 0 atom stereocenters. The van der Waals surface area contributed by atoms with Gasteiger partial charge in [-0.1, -0.05) is 12.1 Å². The highest BCUT2D eigenvalue weighted by atomic mass is 32.1. The van der Waals surface area contributed by atoms with Crippen molar-refractivity contribution in [2.24, 2.45) is 0 Å². The maximum atomic E-state index is 8.86. The lowest BCUT2D eigenvalue weighted by atomic mass is 9.80. The maximum absolute atomic E-state index is 8.86. The van der Waals surface area contributed by atoms with Crippen molar-refractivity contribution in [1.82, 2.24) is 4.37 Å². The third-order valence-corrected chi connectivity index (χ3v) is 2.45. The summed E-state index contributed by atoms with van der Waals surface area (Å²) < 4.78 is 5.04. The Balaban J connectivity index is 2.60. The Morgan fingerprint density at radius 3 is 2.92 bits per heavy atom. The third kappa shape index (κ3) is 1.22. The molecule has 60 valence electrons. The zero-order valence-corrected chi connectivity index (χ0v) is 6.95. The quantitative estimate of drug-likeness (QED) is 0.604. The van der Waals surface area contributed by atoms with Gasteiger partial charge in [0.25, 0.3) is 0 Å². The smallest absolute Gasteiger partial charge is 0.423 e. The Labute approximate surface area is 73.6 Å². The number of hydrogen-bond acceptors (Lipinski definition) is 4. The second-order valence-electron chi connectivity index (χ2n) is 2.50. The first-order valence-corrected chi connectivity index (χ1v) is 4.25. The van der Waals surface area contributed by atoms with Gasteiger partial charge in [0.1, 0.15) is 0 Å². The van der Waals surface area contributed by atoms with Gasteiger partial charge in [-0.25, -0.2) is 0 Å². The van der Waals surface area contributed by atoms with E-state index in [1.54, 1.807) is 18.3 Å².